The van der Waals surface area contributed by atoms with E-state index in [1.54, 1.807) is 12.3 Å². The maximum absolute atomic E-state index is 12.5. The molecule has 0 bridgehead atoms. The van der Waals surface area contributed by atoms with Gasteiger partial charge < -0.3 is 4.57 Å². The number of hydrogen-bond donors (Lipinski definition) is 1. The van der Waals surface area contributed by atoms with E-state index in [9.17, 15) is 4.79 Å². The summed E-state index contributed by atoms with van der Waals surface area (Å²) in [5, 5.41) is 6.96. The van der Waals surface area contributed by atoms with E-state index >= 15 is 0 Å². The highest BCUT2D eigenvalue weighted by Gasteiger charge is 2.12. The third kappa shape index (κ3) is 3.80. The molecule has 29 heavy (non-hydrogen) atoms. The lowest BCUT2D eigenvalue weighted by molar-refractivity contribution is 0.0955. The van der Waals surface area contributed by atoms with Crippen LogP contribution in [0.2, 0.25) is 5.02 Å². The third-order valence-corrected chi connectivity index (χ3v) is 5.26. The largest absolute Gasteiger partial charge is 0.316 e. The van der Waals surface area contributed by atoms with Crippen LogP contribution in [0.1, 0.15) is 27.3 Å². The fourth-order valence-corrected chi connectivity index (χ4v) is 3.70. The van der Waals surface area contributed by atoms with Crippen molar-refractivity contribution in [3.8, 4) is 5.69 Å². The van der Waals surface area contributed by atoms with Crippen molar-refractivity contribution < 1.29 is 4.79 Å². The summed E-state index contributed by atoms with van der Waals surface area (Å²) in [4.78, 5) is 12.5. The van der Waals surface area contributed by atoms with Crippen molar-refractivity contribution in [2.75, 3.05) is 0 Å². The maximum atomic E-state index is 12.5. The van der Waals surface area contributed by atoms with Gasteiger partial charge in [0.25, 0.3) is 5.91 Å². The molecule has 3 aromatic carbocycles. The molecule has 0 spiro atoms. The smallest absolute Gasteiger partial charge is 0.271 e. The molecule has 0 aliphatic rings. The van der Waals surface area contributed by atoms with Gasteiger partial charge in [0.2, 0.25) is 0 Å². The van der Waals surface area contributed by atoms with E-state index in [0.717, 1.165) is 33.4 Å². The number of nitrogens with zero attached hydrogens (tertiary/aromatic N) is 2. The zero-order chi connectivity index (χ0) is 20.4. The number of benzene rings is 3. The lowest BCUT2D eigenvalue weighted by Gasteiger charge is -2.11. The van der Waals surface area contributed by atoms with Crippen molar-refractivity contribution in [3.05, 3.63) is 100 Å². The predicted octanol–water partition coefficient (Wildman–Crippen LogP) is 5.66. The number of rotatable bonds is 4. The first-order chi connectivity index (χ1) is 14.0. The summed E-state index contributed by atoms with van der Waals surface area (Å²) in [5.41, 5.74) is 7.06. The topological polar surface area (TPSA) is 46.4 Å². The Morgan fingerprint density at radius 3 is 2.48 bits per heavy atom. The number of fused-ring (bicyclic) bond motifs is 1. The van der Waals surface area contributed by atoms with Crippen molar-refractivity contribution in [2.45, 2.75) is 13.8 Å². The molecule has 0 atom stereocenters. The van der Waals surface area contributed by atoms with Gasteiger partial charge in [-0.3, -0.25) is 4.79 Å². The molecule has 144 valence electrons. The molecule has 0 saturated heterocycles. The quantitative estimate of drug-likeness (QED) is 0.348. The lowest BCUT2D eigenvalue weighted by Crippen LogP contribution is -2.17. The number of halogens is 1. The molecule has 4 nitrogen and oxygen atoms in total. The molecule has 1 N–H and O–H groups in total. The number of hydrogen-bond acceptors (Lipinski definition) is 2. The predicted molar refractivity (Wildman–Crippen MR) is 119 cm³/mol. The minimum atomic E-state index is -0.244. The molecule has 0 radical (unpaired) electrons. The molecule has 0 aliphatic heterocycles. The number of aromatic nitrogens is 1. The summed E-state index contributed by atoms with van der Waals surface area (Å²) in [7, 11) is 0. The zero-order valence-corrected chi connectivity index (χ0v) is 16.9. The highest BCUT2D eigenvalue weighted by atomic mass is 35.5. The summed E-state index contributed by atoms with van der Waals surface area (Å²) in [5.74, 6) is -0.244. The Bertz CT molecular complexity index is 1240. The van der Waals surface area contributed by atoms with Crippen LogP contribution in [0.3, 0.4) is 0 Å². The van der Waals surface area contributed by atoms with Gasteiger partial charge >= 0.3 is 0 Å². The van der Waals surface area contributed by atoms with E-state index < -0.39 is 0 Å². The highest BCUT2D eigenvalue weighted by molar-refractivity contribution is 6.32. The van der Waals surface area contributed by atoms with Gasteiger partial charge in [-0.2, -0.15) is 5.10 Å². The van der Waals surface area contributed by atoms with Gasteiger partial charge in [-0.15, -0.1) is 0 Å². The van der Waals surface area contributed by atoms with Crippen molar-refractivity contribution >= 4 is 34.5 Å². The van der Waals surface area contributed by atoms with E-state index in [1.165, 1.54) is 0 Å². The third-order valence-electron chi connectivity index (χ3n) is 4.95. The van der Waals surface area contributed by atoms with Gasteiger partial charge in [-0.25, -0.2) is 5.43 Å². The van der Waals surface area contributed by atoms with Crippen molar-refractivity contribution in [2.24, 2.45) is 5.10 Å². The fourth-order valence-electron chi connectivity index (χ4n) is 3.48. The number of carbonyl (C=O) groups is 1. The molecule has 4 aromatic rings. The van der Waals surface area contributed by atoms with E-state index in [-0.39, 0.29) is 5.91 Å². The van der Waals surface area contributed by atoms with E-state index in [2.05, 4.69) is 15.1 Å². The van der Waals surface area contributed by atoms with Gasteiger partial charge in [0, 0.05) is 22.5 Å². The molecule has 0 aliphatic carbocycles. The number of nitrogens with one attached hydrogen (secondary N) is 1. The summed E-state index contributed by atoms with van der Waals surface area (Å²) in [6, 6.07) is 23.3. The Kier molecular flexibility index (Phi) is 5.19. The van der Waals surface area contributed by atoms with Crippen LogP contribution in [0.5, 0.6) is 0 Å². The molecular formula is C24H20ClN3O. The van der Waals surface area contributed by atoms with Crippen LogP contribution in [0.25, 0.3) is 16.5 Å². The normalized spacial score (nSPS) is 11.3. The number of para-hydroxylation sites is 1. The first-order valence-electron chi connectivity index (χ1n) is 9.30. The first kappa shape index (κ1) is 19.0. The van der Waals surface area contributed by atoms with E-state index in [1.807, 2.05) is 80.6 Å². The molecular weight excluding hydrogens is 382 g/mol. The second-order valence-electron chi connectivity index (χ2n) is 6.87. The maximum Gasteiger partial charge on any atom is 0.271 e. The zero-order valence-electron chi connectivity index (χ0n) is 16.2. The van der Waals surface area contributed by atoms with Crippen LogP contribution in [-0.2, 0) is 0 Å². The van der Waals surface area contributed by atoms with Crippen LogP contribution < -0.4 is 5.43 Å². The number of carbonyl (C=O) groups excluding carboxylic acids is 1. The molecule has 5 heteroatoms. The highest BCUT2D eigenvalue weighted by Crippen LogP contribution is 2.25. The van der Waals surface area contributed by atoms with Gasteiger partial charge in [-0.1, -0.05) is 54.1 Å². The van der Waals surface area contributed by atoms with Crippen LogP contribution in [0.15, 0.2) is 77.9 Å². The second-order valence-corrected chi connectivity index (χ2v) is 7.28. The Balaban J connectivity index is 1.54. The first-order valence-corrected chi connectivity index (χ1v) is 9.68. The Morgan fingerprint density at radius 1 is 0.966 bits per heavy atom. The molecule has 1 heterocycles. The van der Waals surface area contributed by atoms with Crippen molar-refractivity contribution in [1.82, 2.24) is 9.99 Å². The van der Waals surface area contributed by atoms with Crippen LogP contribution in [-0.4, -0.2) is 16.7 Å². The number of aryl methyl sites for hydroxylation is 1. The average Bonchev–Trinajstić information content (AvgIpc) is 3.01. The number of amides is 1. The fraction of sp³-hybridized carbons (Fsp3) is 0.0833. The molecule has 1 aromatic heterocycles. The monoisotopic (exact) mass is 401 g/mol. The molecule has 0 fully saturated rings. The van der Waals surface area contributed by atoms with E-state index in [4.69, 9.17) is 11.6 Å². The Hall–Kier alpha value is -3.37. The molecule has 0 saturated carbocycles. The van der Waals surface area contributed by atoms with Crippen molar-refractivity contribution in [3.63, 3.8) is 0 Å². The SMILES string of the molecule is Cc1cc(/C=N/NC(=O)c2ccc3ccccc3c2)c(C)n1-c1ccccc1Cl. The molecule has 1 amide bonds. The van der Waals surface area contributed by atoms with Crippen LogP contribution in [0.4, 0.5) is 0 Å². The van der Waals surface area contributed by atoms with Crippen molar-refractivity contribution in [1.29, 1.82) is 0 Å². The second kappa shape index (κ2) is 7.94. The van der Waals surface area contributed by atoms with Gasteiger partial charge in [0.15, 0.2) is 0 Å². The van der Waals surface area contributed by atoms with E-state index in [0.29, 0.717) is 10.6 Å². The van der Waals surface area contributed by atoms with Gasteiger partial charge in [0.1, 0.15) is 0 Å². The lowest BCUT2D eigenvalue weighted by atomic mass is 10.1. The standard InChI is InChI=1S/C24H20ClN3O/c1-16-13-21(17(2)28(16)23-10-6-5-9-22(23)25)15-26-27-24(29)20-12-11-18-7-3-4-8-19(18)14-20/h3-15H,1-2H3,(H,27,29)/b26-15+. The van der Waals surface area contributed by atoms with Crippen LogP contribution >= 0.6 is 11.6 Å². The Morgan fingerprint density at radius 2 is 1.69 bits per heavy atom. The number of hydrazone groups is 1. The average molecular weight is 402 g/mol. The van der Waals surface area contributed by atoms with Crippen LogP contribution in [0, 0.1) is 13.8 Å². The minimum Gasteiger partial charge on any atom is -0.316 e. The Labute approximate surface area is 174 Å². The minimum absolute atomic E-state index is 0.244. The van der Waals surface area contributed by atoms with Gasteiger partial charge in [0.05, 0.1) is 16.9 Å². The summed E-state index contributed by atoms with van der Waals surface area (Å²) in [6.07, 6.45) is 1.66. The summed E-state index contributed by atoms with van der Waals surface area (Å²) >= 11 is 6.36. The van der Waals surface area contributed by atoms with Gasteiger partial charge in [-0.05, 0) is 55.0 Å². The molecule has 0 unspecified atom stereocenters. The molecule has 4 rings (SSSR count). The summed E-state index contributed by atoms with van der Waals surface area (Å²) < 4.78 is 2.08. The summed E-state index contributed by atoms with van der Waals surface area (Å²) in [6.45, 7) is 4.02.